The largest absolute Gasteiger partial charge is 0.756 e. The minimum Gasteiger partial charge on any atom is -0.756 e. The second-order valence-electron chi connectivity index (χ2n) is 9.11. The van der Waals surface area contributed by atoms with Gasteiger partial charge < -0.3 is 33.6 Å². The van der Waals surface area contributed by atoms with Crippen molar-refractivity contribution in [1.29, 1.82) is 0 Å². The number of hydrogen-bond acceptors (Lipinski definition) is 10. The summed E-state index contributed by atoms with van der Waals surface area (Å²) in [4.78, 5) is 34.1. The molecule has 0 aliphatic carbocycles. The highest BCUT2D eigenvalue weighted by atomic mass is 31.2. The average Bonchev–Trinajstić information content (AvgIpc) is 2.86. The summed E-state index contributed by atoms with van der Waals surface area (Å²) in [7, 11) is -4.79. The Hall–Kier alpha value is -1.03. The molecule has 0 rings (SSSR count). The number of aliphatic hydroxyl groups is 2. The number of ether oxygens (including phenoxy) is 2. The van der Waals surface area contributed by atoms with E-state index in [-0.39, 0.29) is 19.5 Å². The van der Waals surface area contributed by atoms with E-state index in [1.54, 1.807) is 0 Å². The van der Waals surface area contributed by atoms with Gasteiger partial charge in [-0.1, -0.05) is 96.8 Å². The van der Waals surface area contributed by atoms with Crippen molar-refractivity contribution in [2.75, 3.05) is 26.4 Å². The van der Waals surface area contributed by atoms with Crippen LogP contribution in [0.1, 0.15) is 110 Å². The molecule has 3 atom stereocenters. The van der Waals surface area contributed by atoms with E-state index in [9.17, 15) is 19.0 Å². The van der Waals surface area contributed by atoms with Crippen LogP contribution in [-0.2, 0) is 32.7 Å². The van der Waals surface area contributed by atoms with Crippen molar-refractivity contribution in [3.63, 3.8) is 0 Å². The maximum Gasteiger partial charge on any atom is 0.305 e. The molecule has 2 N–H and O–H groups in total. The van der Waals surface area contributed by atoms with Crippen LogP contribution in [0.4, 0.5) is 0 Å². The Morgan fingerprint density at radius 3 is 1.78 bits per heavy atom. The summed E-state index contributed by atoms with van der Waals surface area (Å²) < 4.78 is 30.3. The van der Waals surface area contributed by atoms with E-state index >= 15 is 0 Å². The molecular formula is C25H48O10P-. The number of phosphoric ester groups is 1. The van der Waals surface area contributed by atoms with Gasteiger partial charge in [-0.3, -0.25) is 14.2 Å². The SMILES string of the molecule is CCCCCCCCCCCCCCCCCC(=O)OC[C@H](COP(=O)([O-])OCC(O)CO)OC=O. The predicted octanol–water partition coefficient (Wildman–Crippen LogP) is 4.19. The smallest absolute Gasteiger partial charge is 0.305 e. The average molecular weight is 540 g/mol. The fourth-order valence-corrected chi connectivity index (χ4v) is 4.32. The van der Waals surface area contributed by atoms with Crippen molar-refractivity contribution >= 4 is 20.3 Å². The predicted molar refractivity (Wildman–Crippen MR) is 134 cm³/mol. The summed E-state index contributed by atoms with van der Waals surface area (Å²) in [5, 5.41) is 17.8. The lowest BCUT2D eigenvalue weighted by Gasteiger charge is -2.25. The molecule has 0 saturated heterocycles. The van der Waals surface area contributed by atoms with Gasteiger partial charge >= 0.3 is 5.97 Å². The van der Waals surface area contributed by atoms with Gasteiger partial charge in [-0.15, -0.1) is 0 Å². The lowest BCUT2D eigenvalue weighted by molar-refractivity contribution is -0.230. The van der Waals surface area contributed by atoms with Crippen molar-refractivity contribution in [3.8, 4) is 0 Å². The van der Waals surface area contributed by atoms with Crippen LogP contribution in [-0.4, -0.2) is 61.3 Å². The molecule has 0 saturated carbocycles. The van der Waals surface area contributed by atoms with Crippen molar-refractivity contribution in [2.24, 2.45) is 0 Å². The molecule has 0 fully saturated rings. The summed E-state index contributed by atoms with van der Waals surface area (Å²) >= 11 is 0. The second kappa shape index (κ2) is 24.3. The van der Waals surface area contributed by atoms with Gasteiger partial charge in [0.05, 0.1) is 19.8 Å². The molecule has 36 heavy (non-hydrogen) atoms. The molecule has 11 heteroatoms. The van der Waals surface area contributed by atoms with Gasteiger partial charge in [-0.05, 0) is 6.42 Å². The lowest BCUT2D eigenvalue weighted by atomic mass is 10.0. The van der Waals surface area contributed by atoms with E-state index in [1.165, 1.54) is 70.6 Å². The summed E-state index contributed by atoms with van der Waals surface area (Å²) in [6.45, 7) is 0.0300. The van der Waals surface area contributed by atoms with Crippen LogP contribution >= 0.6 is 7.82 Å². The first-order valence-electron chi connectivity index (χ1n) is 13.5. The van der Waals surface area contributed by atoms with E-state index in [2.05, 4.69) is 20.7 Å². The van der Waals surface area contributed by atoms with Crippen LogP contribution in [0.2, 0.25) is 0 Å². The molecule has 0 aromatic carbocycles. The van der Waals surface area contributed by atoms with Crippen molar-refractivity contribution in [1.82, 2.24) is 0 Å². The van der Waals surface area contributed by atoms with E-state index in [1.807, 2.05) is 0 Å². The minimum absolute atomic E-state index is 0.0998. The number of carbonyl (C=O) groups excluding carboxylic acids is 2. The quantitative estimate of drug-likeness (QED) is 0.0673. The van der Waals surface area contributed by atoms with Crippen molar-refractivity contribution < 1.29 is 47.8 Å². The topological polar surface area (TPSA) is 152 Å². The molecule has 0 heterocycles. The Morgan fingerprint density at radius 1 is 0.833 bits per heavy atom. The molecule has 0 amide bonds. The van der Waals surface area contributed by atoms with E-state index in [4.69, 9.17) is 14.9 Å². The number of carbonyl (C=O) groups is 2. The molecule has 0 aliphatic rings. The molecule has 0 aromatic heterocycles. The monoisotopic (exact) mass is 539 g/mol. The van der Waals surface area contributed by atoms with Gasteiger partial charge in [0.2, 0.25) is 0 Å². The second-order valence-corrected chi connectivity index (χ2v) is 10.5. The van der Waals surface area contributed by atoms with E-state index in [0.717, 1.165) is 19.3 Å². The Balaban J connectivity index is 3.73. The number of hydrogen-bond donors (Lipinski definition) is 2. The lowest BCUT2D eigenvalue weighted by Crippen LogP contribution is -2.28. The van der Waals surface area contributed by atoms with Crippen LogP contribution in [0.15, 0.2) is 0 Å². The fraction of sp³-hybridized carbons (Fsp3) is 0.920. The number of phosphoric acid groups is 1. The highest BCUT2D eigenvalue weighted by Gasteiger charge is 2.19. The first kappa shape index (κ1) is 35.0. The van der Waals surface area contributed by atoms with E-state index < -0.39 is 45.8 Å². The Bertz CT molecular complexity index is 575. The summed E-state index contributed by atoms with van der Waals surface area (Å²) in [6.07, 6.45) is 16.2. The Kier molecular flexibility index (Phi) is 23.6. The van der Waals surface area contributed by atoms with E-state index in [0.29, 0.717) is 6.42 Å². The van der Waals surface area contributed by atoms with Crippen LogP contribution in [0.25, 0.3) is 0 Å². The van der Waals surface area contributed by atoms with Crippen LogP contribution < -0.4 is 4.89 Å². The number of aliphatic hydroxyl groups excluding tert-OH is 2. The fourth-order valence-electron chi connectivity index (χ4n) is 3.55. The van der Waals surface area contributed by atoms with Crippen molar-refractivity contribution in [2.45, 2.75) is 122 Å². The van der Waals surface area contributed by atoms with Gasteiger partial charge in [0.15, 0.2) is 6.10 Å². The maximum atomic E-state index is 11.9. The number of rotatable bonds is 27. The number of esters is 1. The molecule has 0 spiro atoms. The van der Waals surface area contributed by atoms with Crippen molar-refractivity contribution in [3.05, 3.63) is 0 Å². The Morgan fingerprint density at radius 2 is 1.31 bits per heavy atom. The molecule has 0 radical (unpaired) electrons. The van der Waals surface area contributed by atoms with Crippen LogP contribution in [0.3, 0.4) is 0 Å². The third kappa shape index (κ3) is 23.4. The van der Waals surface area contributed by atoms with Gasteiger partial charge in [-0.25, -0.2) is 0 Å². The molecule has 0 aliphatic heterocycles. The third-order valence-corrected chi connectivity index (χ3v) is 6.65. The van der Waals surface area contributed by atoms with Crippen LogP contribution in [0, 0.1) is 0 Å². The zero-order chi connectivity index (χ0) is 26.9. The highest BCUT2D eigenvalue weighted by molar-refractivity contribution is 7.45. The normalized spacial score (nSPS) is 14.7. The van der Waals surface area contributed by atoms with Gasteiger partial charge in [-0.2, -0.15) is 0 Å². The van der Waals surface area contributed by atoms with Gasteiger partial charge in [0, 0.05) is 6.42 Å². The van der Waals surface area contributed by atoms with Gasteiger partial charge in [0.1, 0.15) is 12.7 Å². The molecule has 2 unspecified atom stereocenters. The molecule has 10 nitrogen and oxygen atoms in total. The Labute approximate surface area is 216 Å². The highest BCUT2D eigenvalue weighted by Crippen LogP contribution is 2.38. The molecule has 0 bridgehead atoms. The summed E-state index contributed by atoms with van der Waals surface area (Å²) in [6, 6.07) is 0. The summed E-state index contributed by atoms with van der Waals surface area (Å²) in [5.74, 6) is -0.461. The van der Waals surface area contributed by atoms with Crippen LogP contribution in [0.5, 0.6) is 0 Å². The summed E-state index contributed by atoms with van der Waals surface area (Å²) in [5.41, 5.74) is 0. The first-order chi connectivity index (χ1) is 17.3. The molecule has 214 valence electrons. The standard InChI is InChI=1S/C25H49O10P/c1-2-3-4-5-6-7-8-9-10-11-12-13-14-15-16-17-25(29)32-20-24(33-22-27)21-35-36(30,31)34-19-23(28)18-26/h22-24,26,28H,2-21H2,1H3,(H,30,31)/p-1/t23?,24-/m1/s1. The third-order valence-electron chi connectivity index (χ3n) is 5.72. The zero-order valence-corrected chi connectivity index (χ0v) is 22.9. The number of unbranched alkanes of at least 4 members (excludes halogenated alkanes) is 14. The first-order valence-corrected chi connectivity index (χ1v) is 14.9. The zero-order valence-electron chi connectivity index (χ0n) is 22.0. The minimum atomic E-state index is -4.79. The molecule has 0 aromatic rings. The van der Waals surface area contributed by atoms with Gasteiger partial charge in [0.25, 0.3) is 14.3 Å². The maximum absolute atomic E-state index is 11.9. The molecular weight excluding hydrogens is 491 g/mol.